The molecular weight excluding hydrogens is 228 g/mol. The van der Waals surface area contributed by atoms with E-state index in [0.717, 1.165) is 11.3 Å². The summed E-state index contributed by atoms with van der Waals surface area (Å²) < 4.78 is 7.08. The number of nitrogens with zero attached hydrogens (tertiary/aromatic N) is 1. The second kappa shape index (κ2) is 3.28. The van der Waals surface area contributed by atoms with Crippen LogP contribution in [0.5, 0.6) is 0 Å². The van der Waals surface area contributed by atoms with Gasteiger partial charge in [0.1, 0.15) is 5.65 Å². The molecule has 0 bridgehead atoms. The van der Waals surface area contributed by atoms with Crippen LogP contribution in [0.4, 0.5) is 0 Å². The maximum absolute atomic E-state index is 11.2. The normalized spacial score (nSPS) is 11.1. The standard InChI is InChI=1S/C11H7ClN2O2/c12-10-2-1-9(16-10)8-6-14-4-3-7(15)5-11(14)13-8/h1-6,13H. The van der Waals surface area contributed by atoms with Gasteiger partial charge in [-0.15, -0.1) is 0 Å². The van der Waals surface area contributed by atoms with Gasteiger partial charge in [-0.25, -0.2) is 0 Å². The lowest BCUT2D eigenvalue weighted by molar-refractivity contribution is 0.582. The van der Waals surface area contributed by atoms with Crippen molar-refractivity contribution in [3.05, 3.63) is 52.1 Å². The van der Waals surface area contributed by atoms with E-state index < -0.39 is 0 Å². The molecule has 0 aliphatic heterocycles. The number of imidazole rings is 1. The number of hydrogen-bond acceptors (Lipinski definition) is 2. The quantitative estimate of drug-likeness (QED) is 0.704. The van der Waals surface area contributed by atoms with Crippen LogP contribution in [0.25, 0.3) is 17.1 Å². The molecule has 3 rings (SSSR count). The fourth-order valence-corrected chi connectivity index (χ4v) is 1.74. The molecule has 4 nitrogen and oxygen atoms in total. The minimum Gasteiger partial charge on any atom is -0.443 e. The first-order chi connectivity index (χ1) is 7.72. The second-order valence-corrected chi connectivity index (χ2v) is 3.80. The summed E-state index contributed by atoms with van der Waals surface area (Å²) in [6.07, 6.45) is 3.53. The Hall–Kier alpha value is -1.94. The van der Waals surface area contributed by atoms with Crippen LogP contribution in [-0.2, 0) is 0 Å². The molecule has 0 saturated carbocycles. The number of aromatic nitrogens is 2. The Morgan fingerprint density at radius 3 is 2.94 bits per heavy atom. The molecule has 0 atom stereocenters. The van der Waals surface area contributed by atoms with Crippen LogP contribution in [0.3, 0.4) is 0 Å². The van der Waals surface area contributed by atoms with E-state index in [0.29, 0.717) is 11.0 Å². The van der Waals surface area contributed by atoms with Crippen LogP contribution in [0.1, 0.15) is 0 Å². The molecule has 3 aromatic rings. The molecule has 3 aromatic heterocycles. The predicted octanol–water partition coefficient (Wildman–Crippen LogP) is 2.54. The van der Waals surface area contributed by atoms with Gasteiger partial charge in [0.05, 0.1) is 5.69 Å². The van der Waals surface area contributed by atoms with Gasteiger partial charge < -0.3 is 13.8 Å². The number of halogens is 1. The first-order valence-electron chi connectivity index (χ1n) is 4.69. The summed E-state index contributed by atoms with van der Waals surface area (Å²) in [4.78, 5) is 14.2. The van der Waals surface area contributed by atoms with Crippen molar-refractivity contribution < 1.29 is 4.42 Å². The number of aromatic amines is 1. The molecule has 0 fully saturated rings. The molecular formula is C11H7ClN2O2. The van der Waals surface area contributed by atoms with Crippen molar-refractivity contribution in [3.63, 3.8) is 0 Å². The SMILES string of the molecule is O=c1ccn2cc(-c3ccc(Cl)o3)[nH]c2c1. The molecule has 0 saturated heterocycles. The lowest BCUT2D eigenvalue weighted by atomic mass is 10.4. The van der Waals surface area contributed by atoms with E-state index in [1.165, 1.54) is 12.1 Å². The third kappa shape index (κ3) is 1.44. The number of H-pyrrole nitrogens is 1. The van der Waals surface area contributed by atoms with E-state index in [9.17, 15) is 4.79 Å². The van der Waals surface area contributed by atoms with Gasteiger partial charge in [-0.1, -0.05) is 0 Å². The summed E-state index contributed by atoms with van der Waals surface area (Å²) in [6, 6.07) is 6.46. The molecule has 0 unspecified atom stereocenters. The largest absolute Gasteiger partial charge is 0.443 e. The highest BCUT2D eigenvalue weighted by molar-refractivity contribution is 6.28. The average molecular weight is 235 g/mol. The van der Waals surface area contributed by atoms with Crippen molar-refractivity contribution in [2.45, 2.75) is 0 Å². The monoisotopic (exact) mass is 234 g/mol. The van der Waals surface area contributed by atoms with Crippen molar-refractivity contribution in [1.82, 2.24) is 9.38 Å². The lowest BCUT2D eigenvalue weighted by Crippen LogP contribution is -1.97. The van der Waals surface area contributed by atoms with E-state index in [1.54, 1.807) is 18.3 Å². The smallest absolute Gasteiger partial charge is 0.194 e. The summed E-state index contributed by atoms with van der Waals surface area (Å²) in [5.74, 6) is 0.640. The molecule has 16 heavy (non-hydrogen) atoms. The summed E-state index contributed by atoms with van der Waals surface area (Å²) in [6.45, 7) is 0. The topological polar surface area (TPSA) is 50.4 Å². The van der Waals surface area contributed by atoms with E-state index in [1.807, 2.05) is 10.6 Å². The molecule has 0 aromatic carbocycles. The molecule has 0 aliphatic carbocycles. The van der Waals surface area contributed by atoms with Crippen LogP contribution in [0.15, 0.2) is 45.9 Å². The number of furan rings is 1. The number of pyridine rings is 1. The van der Waals surface area contributed by atoms with E-state index in [4.69, 9.17) is 16.0 Å². The summed E-state index contributed by atoms with van der Waals surface area (Å²) in [7, 11) is 0. The van der Waals surface area contributed by atoms with Crippen LogP contribution in [-0.4, -0.2) is 9.38 Å². The zero-order valence-corrected chi connectivity index (χ0v) is 8.86. The highest BCUT2D eigenvalue weighted by Gasteiger charge is 2.06. The maximum Gasteiger partial charge on any atom is 0.194 e. The van der Waals surface area contributed by atoms with Gasteiger partial charge in [0, 0.05) is 24.5 Å². The summed E-state index contributed by atoms with van der Waals surface area (Å²) in [5.41, 5.74) is 1.46. The van der Waals surface area contributed by atoms with Gasteiger partial charge in [-0.05, 0) is 23.7 Å². The predicted molar refractivity (Wildman–Crippen MR) is 60.7 cm³/mol. The number of hydrogen-bond donors (Lipinski definition) is 1. The maximum atomic E-state index is 11.2. The molecule has 3 heterocycles. The molecule has 80 valence electrons. The van der Waals surface area contributed by atoms with Crippen molar-refractivity contribution in [2.24, 2.45) is 0 Å². The van der Waals surface area contributed by atoms with Crippen molar-refractivity contribution >= 4 is 17.2 Å². The van der Waals surface area contributed by atoms with Gasteiger partial charge in [-0.2, -0.15) is 0 Å². The number of rotatable bonds is 1. The summed E-state index contributed by atoms with van der Waals surface area (Å²) in [5, 5.41) is 0.336. The van der Waals surface area contributed by atoms with E-state index >= 15 is 0 Å². The molecule has 1 N–H and O–H groups in total. The molecule has 0 amide bonds. The molecule has 0 radical (unpaired) electrons. The molecule has 0 aliphatic rings. The van der Waals surface area contributed by atoms with Gasteiger partial charge in [-0.3, -0.25) is 4.79 Å². The highest BCUT2D eigenvalue weighted by atomic mass is 35.5. The van der Waals surface area contributed by atoms with E-state index in [-0.39, 0.29) is 5.43 Å². The Bertz CT molecular complexity index is 708. The van der Waals surface area contributed by atoms with Gasteiger partial charge >= 0.3 is 0 Å². The van der Waals surface area contributed by atoms with Crippen molar-refractivity contribution in [1.29, 1.82) is 0 Å². The first-order valence-corrected chi connectivity index (χ1v) is 5.07. The minimum absolute atomic E-state index is 0.0362. The molecule has 5 heteroatoms. The van der Waals surface area contributed by atoms with E-state index in [2.05, 4.69) is 4.98 Å². The molecule has 0 spiro atoms. The lowest BCUT2D eigenvalue weighted by Gasteiger charge is -1.87. The zero-order chi connectivity index (χ0) is 11.1. The average Bonchev–Trinajstić information content (AvgIpc) is 2.83. The first kappa shape index (κ1) is 9.30. The Morgan fingerprint density at radius 2 is 2.19 bits per heavy atom. The third-order valence-electron chi connectivity index (χ3n) is 2.33. The second-order valence-electron chi connectivity index (χ2n) is 3.43. The number of fused-ring (bicyclic) bond motifs is 1. The minimum atomic E-state index is -0.0362. The fourth-order valence-electron chi connectivity index (χ4n) is 1.60. The van der Waals surface area contributed by atoms with Crippen LogP contribution >= 0.6 is 11.6 Å². The number of nitrogens with one attached hydrogen (secondary N) is 1. The third-order valence-corrected chi connectivity index (χ3v) is 2.53. The Labute approximate surface area is 95.1 Å². The Morgan fingerprint density at radius 1 is 1.31 bits per heavy atom. The van der Waals surface area contributed by atoms with Crippen molar-refractivity contribution in [3.8, 4) is 11.5 Å². The summed E-state index contributed by atoms with van der Waals surface area (Å²) >= 11 is 5.70. The van der Waals surface area contributed by atoms with Crippen molar-refractivity contribution in [2.75, 3.05) is 0 Å². The Balaban J connectivity index is 2.22. The van der Waals surface area contributed by atoms with Crippen LogP contribution in [0.2, 0.25) is 5.22 Å². The van der Waals surface area contributed by atoms with Gasteiger partial charge in [0.25, 0.3) is 0 Å². The van der Waals surface area contributed by atoms with Crippen LogP contribution < -0.4 is 5.43 Å². The zero-order valence-electron chi connectivity index (χ0n) is 8.11. The highest BCUT2D eigenvalue weighted by Crippen LogP contribution is 2.23. The fraction of sp³-hybridized carbons (Fsp3) is 0. The Kier molecular flexibility index (Phi) is 1.91. The van der Waals surface area contributed by atoms with Gasteiger partial charge in [0.2, 0.25) is 0 Å². The van der Waals surface area contributed by atoms with Crippen LogP contribution in [0, 0.1) is 0 Å². The van der Waals surface area contributed by atoms with Gasteiger partial charge in [0.15, 0.2) is 16.4 Å².